The van der Waals surface area contributed by atoms with Gasteiger partial charge in [0.05, 0.1) is 14.2 Å². The Balaban J connectivity index is 2.48. The highest BCUT2D eigenvalue weighted by molar-refractivity contribution is 7.92. The molecule has 0 spiro atoms. The maximum absolute atomic E-state index is 12.6. The van der Waals surface area contributed by atoms with Gasteiger partial charge < -0.3 is 9.47 Å². The minimum Gasteiger partial charge on any atom is -0.496 e. The predicted molar refractivity (Wildman–Crippen MR) is 84.1 cm³/mol. The van der Waals surface area contributed by atoms with Crippen LogP contribution in [0, 0.1) is 13.8 Å². The number of aryl methyl sites for hydroxylation is 2. The van der Waals surface area contributed by atoms with Crippen molar-refractivity contribution < 1.29 is 17.9 Å². The molecule has 2 aromatic rings. The van der Waals surface area contributed by atoms with Gasteiger partial charge in [-0.1, -0.05) is 0 Å². The molecule has 0 saturated carbocycles. The summed E-state index contributed by atoms with van der Waals surface area (Å²) >= 11 is 0. The number of sulfonamides is 1. The van der Waals surface area contributed by atoms with Gasteiger partial charge >= 0.3 is 0 Å². The maximum atomic E-state index is 12.6. The third-order valence-electron chi connectivity index (χ3n) is 3.13. The average molecular weight is 322 g/mol. The standard InChI is InChI=1S/C15H18N2O4S/c1-10-5-6-16-15(7-10)17-22(18,19)14-9-12(20-3)11(2)8-13(14)21-4/h5-9H,1-4H3,(H,16,17). The van der Waals surface area contributed by atoms with Crippen molar-refractivity contribution in [3.05, 3.63) is 41.6 Å². The fourth-order valence-electron chi connectivity index (χ4n) is 2.02. The first-order chi connectivity index (χ1) is 10.4. The molecular weight excluding hydrogens is 304 g/mol. The molecule has 1 aromatic heterocycles. The Labute approximate surface area is 130 Å². The largest absolute Gasteiger partial charge is 0.496 e. The number of hydrogen-bond acceptors (Lipinski definition) is 5. The molecule has 0 unspecified atom stereocenters. The Morgan fingerprint density at radius 2 is 1.73 bits per heavy atom. The van der Waals surface area contributed by atoms with Crippen LogP contribution in [0.3, 0.4) is 0 Å². The molecule has 1 N–H and O–H groups in total. The number of methoxy groups -OCH3 is 2. The lowest BCUT2D eigenvalue weighted by Crippen LogP contribution is -2.15. The Morgan fingerprint density at radius 1 is 1.05 bits per heavy atom. The van der Waals surface area contributed by atoms with E-state index in [1.165, 1.54) is 20.3 Å². The Morgan fingerprint density at radius 3 is 2.32 bits per heavy atom. The van der Waals surface area contributed by atoms with Crippen LogP contribution in [0.5, 0.6) is 11.5 Å². The van der Waals surface area contributed by atoms with Gasteiger partial charge in [0.1, 0.15) is 22.2 Å². The zero-order chi connectivity index (χ0) is 16.3. The van der Waals surface area contributed by atoms with Gasteiger partial charge in [-0.05, 0) is 43.2 Å². The van der Waals surface area contributed by atoms with E-state index in [0.717, 1.165) is 11.1 Å². The first-order valence-electron chi connectivity index (χ1n) is 6.55. The summed E-state index contributed by atoms with van der Waals surface area (Å²) in [7, 11) is -0.931. The van der Waals surface area contributed by atoms with Gasteiger partial charge in [-0.15, -0.1) is 0 Å². The molecule has 0 amide bonds. The number of rotatable bonds is 5. The number of aromatic nitrogens is 1. The highest BCUT2D eigenvalue weighted by Gasteiger charge is 2.22. The summed E-state index contributed by atoms with van der Waals surface area (Å²) in [5, 5.41) is 0. The third-order valence-corrected chi connectivity index (χ3v) is 4.50. The van der Waals surface area contributed by atoms with E-state index in [-0.39, 0.29) is 16.5 Å². The second kappa shape index (κ2) is 6.23. The molecule has 2 rings (SSSR count). The van der Waals surface area contributed by atoms with Crippen LogP contribution >= 0.6 is 0 Å². The molecule has 1 heterocycles. The molecule has 0 saturated heterocycles. The van der Waals surface area contributed by atoms with Gasteiger partial charge in [-0.2, -0.15) is 0 Å². The quantitative estimate of drug-likeness (QED) is 0.915. The van der Waals surface area contributed by atoms with Crippen LogP contribution in [0.15, 0.2) is 35.4 Å². The van der Waals surface area contributed by atoms with Gasteiger partial charge in [0.15, 0.2) is 0 Å². The zero-order valence-electron chi connectivity index (χ0n) is 12.9. The minimum absolute atomic E-state index is 0.000700. The van der Waals surface area contributed by atoms with E-state index in [1.54, 1.807) is 24.4 Å². The number of nitrogens with one attached hydrogen (secondary N) is 1. The predicted octanol–water partition coefficient (Wildman–Crippen LogP) is 2.52. The van der Waals surface area contributed by atoms with Crippen LogP contribution in [0.2, 0.25) is 0 Å². The van der Waals surface area contributed by atoms with Gasteiger partial charge in [-0.25, -0.2) is 13.4 Å². The van der Waals surface area contributed by atoms with Crippen LogP contribution in [0.1, 0.15) is 11.1 Å². The van der Waals surface area contributed by atoms with E-state index in [2.05, 4.69) is 9.71 Å². The second-order valence-electron chi connectivity index (χ2n) is 4.80. The molecule has 1 aromatic carbocycles. The van der Waals surface area contributed by atoms with Crippen molar-refractivity contribution in [1.82, 2.24) is 4.98 Å². The van der Waals surface area contributed by atoms with Crippen molar-refractivity contribution in [3.63, 3.8) is 0 Å². The lowest BCUT2D eigenvalue weighted by Gasteiger charge is -2.14. The molecule has 0 aliphatic rings. The molecule has 7 heteroatoms. The van der Waals surface area contributed by atoms with E-state index < -0.39 is 10.0 Å². The van der Waals surface area contributed by atoms with Crippen molar-refractivity contribution in [3.8, 4) is 11.5 Å². The highest BCUT2D eigenvalue weighted by Crippen LogP contribution is 2.32. The summed E-state index contributed by atoms with van der Waals surface area (Å²) < 4.78 is 38.0. The first kappa shape index (κ1) is 16.1. The minimum atomic E-state index is -3.84. The number of benzene rings is 1. The second-order valence-corrected chi connectivity index (χ2v) is 6.45. The summed E-state index contributed by atoms with van der Waals surface area (Å²) in [6.45, 7) is 3.67. The molecule has 0 atom stereocenters. The lowest BCUT2D eigenvalue weighted by atomic mass is 10.2. The van der Waals surface area contributed by atoms with Crippen LogP contribution in [-0.4, -0.2) is 27.6 Å². The molecule has 6 nitrogen and oxygen atoms in total. The van der Waals surface area contributed by atoms with Crippen LogP contribution in [0.25, 0.3) is 0 Å². The average Bonchev–Trinajstić information content (AvgIpc) is 2.46. The molecule has 0 bridgehead atoms. The van der Waals surface area contributed by atoms with Crippen molar-refractivity contribution >= 4 is 15.8 Å². The van der Waals surface area contributed by atoms with E-state index in [1.807, 2.05) is 13.8 Å². The summed E-state index contributed by atoms with van der Waals surface area (Å²) in [6, 6.07) is 6.49. The van der Waals surface area contributed by atoms with Crippen molar-refractivity contribution in [2.75, 3.05) is 18.9 Å². The topological polar surface area (TPSA) is 77.5 Å². The van der Waals surface area contributed by atoms with Crippen LogP contribution in [-0.2, 0) is 10.0 Å². The SMILES string of the molecule is COc1cc(S(=O)(=O)Nc2cc(C)ccn2)c(OC)cc1C. The lowest BCUT2D eigenvalue weighted by molar-refractivity contribution is 0.390. The van der Waals surface area contributed by atoms with Crippen LogP contribution < -0.4 is 14.2 Å². The Hall–Kier alpha value is -2.28. The molecule has 0 aliphatic heterocycles. The number of pyridine rings is 1. The number of hydrogen-bond donors (Lipinski definition) is 1. The summed E-state index contributed by atoms with van der Waals surface area (Å²) in [5.74, 6) is 0.971. The van der Waals surface area contributed by atoms with E-state index in [9.17, 15) is 8.42 Å². The van der Waals surface area contributed by atoms with Crippen molar-refractivity contribution in [2.24, 2.45) is 0 Å². The van der Waals surface area contributed by atoms with Gasteiger partial charge in [0, 0.05) is 12.3 Å². The number of anilines is 1. The van der Waals surface area contributed by atoms with E-state index in [4.69, 9.17) is 9.47 Å². The molecule has 22 heavy (non-hydrogen) atoms. The molecule has 118 valence electrons. The third kappa shape index (κ3) is 3.30. The van der Waals surface area contributed by atoms with Gasteiger partial charge in [0.25, 0.3) is 10.0 Å². The summed E-state index contributed by atoms with van der Waals surface area (Å²) in [6.07, 6.45) is 1.54. The smallest absolute Gasteiger partial charge is 0.266 e. The van der Waals surface area contributed by atoms with E-state index >= 15 is 0 Å². The van der Waals surface area contributed by atoms with Gasteiger partial charge in [-0.3, -0.25) is 4.72 Å². The number of ether oxygens (including phenoxy) is 2. The first-order valence-corrected chi connectivity index (χ1v) is 8.04. The molecule has 0 fully saturated rings. The highest BCUT2D eigenvalue weighted by atomic mass is 32.2. The van der Waals surface area contributed by atoms with Crippen LogP contribution in [0.4, 0.5) is 5.82 Å². The fraction of sp³-hybridized carbons (Fsp3) is 0.267. The van der Waals surface area contributed by atoms with E-state index in [0.29, 0.717) is 5.75 Å². The molecule has 0 aliphatic carbocycles. The molecular formula is C15H18N2O4S. The maximum Gasteiger partial charge on any atom is 0.266 e. The fourth-order valence-corrected chi connectivity index (χ4v) is 3.18. The summed E-state index contributed by atoms with van der Waals surface area (Å²) in [4.78, 5) is 4.00. The van der Waals surface area contributed by atoms with Crippen molar-refractivity contribution in [1.29, 1.82) is 0 Å². The Bertz CT molecular complexity index is 788. The van der Waals surface area contributed by atoms with Gasteiger partial charge in [0.2, 0.25) is 0 Å². The number of nitrogens with zero attached hydrogens (tertiary/aromatic N) is 1. The normalized spacial score (nSPS) is 11.1. The molecule has 0 radical (unpaired) electrons. The Kier molecular flexibility index (Phi) is 4.56. The zero-order valence-corrected chi connectivity index (χ0v) is 13.7. The summed E-state index contributed by atoms with van der Waals surface area (Å²) in [5.41, 5.74) is 1.69. The van der Waals surface area contributed by atoms with Crippen molar-refractivity contribution in [2.45, 2.75) is 18.7 Å². The monoisotopic (exact) mass is 322 g/mol.